The van der Waals surface area contributed by atoms with Gasteiger partial charge in [-0.1, -0.05) is 18.2 Å². The Bertz CT molecular complexity index is 1200. The Hall–Kier alpha value is -3.01. The van der Waals surface area contributed by atoms with Crippen molar-refractivity contribution in [3.63, 3.8) is 0 Å². The van der Waals surface area contributed by atoms with Gasteiger partial charge in [0, 0.05) is 22.8 Å². The fourth-order valence-corrected chi connectivity index (χ4v) is 4.63. The third-order valence-corrected chi connectivity index (χ3v) is 6.68. The van der Waals surface area contributed by atoms with Gasteiger partial charge in [0.05, 0.1) is 24.7 Å². The Kier molecular flexibility index (Phi) is 4.97. The maximum absolute atomic E-state index is 12.9. The van der Waals surface area contributed by atoms with Crippen LogP contribution in [0.15, 0.2) is 65.7 Å². The average molecular weight is 427 g/mol. The SMILES string of the molecule is CC(O)C1(O)CN(C(=O)c2ccc(NS(=O)(=O)c3cccc4cccnc34)cc2)C1. The van der Waals surface area contributed by atoms with Crippen LogP contribution in [0.5, 0.6) is 0 Å². The number of para-hydroxylation sites is 1. The molecule has 2 heterocycles. The molecule has 4 rings (SSSR count). The van der Waals surface area contributed by atoms with Crippen LogP contribution in [0.3, 0.4) is 0 Å². The summed E-state index contributed by atoms with van der Waals surface area (Å²) in [5.41, 5.74) is -0.235. The topological polar surface area (TPSA) is 120 Å². The van der Waals surface area contributed by atoms with Gasteiger partial charge in [0.25, 0.3) is 15.9 Å². The van der Waals surface area contributed by atoms with Gasteiger partial charge >= 0.3 is 0 Å². The van der Waals surface area contributed by atoms with Crippen molar-refractivity contribution in [2.45, 2.75) is 23.5 Å². The Morgan fingerprint density at radius 2 is 1.80 bits per heavy atom. The van der Waals surface area contributed by atoms with Crippen LogP contribution in [0.2, 0.25) is 0 Å². The summed E-state index contributed by atoms with van der Waals surface area (Å²) < 4.78 is 28.2. The van der Waals surface area contributed by atoms with Gasteiger partial charge in [-0.15, -0.1) is 0 Å². The number of likely N-dealkylation sites (tertiary alicyclic amines) is 1. The van der Waals surface area contributed by atoms with Crippen molar-refractivity contribution >= 4 is 32.5 Å². The number of anilines is 1. The zero-order chi connectivity index (χ0) is 21.5. The van der Waals surface area contributed by atoms with Crippen molar-refractivity contribution in [3.05, 3.63) is 66.4 Å². The quantitative estimate of drug-likeness (QED) is 0.569. The summed E-state index contributed by atoms with van der Waals surface area (Å²) in [5, 5.41) is 20.3. The molecule has 0 spiro atoms. The molecule has 1 aromatic heterocycles. The summed E-state index contributed by atoms with van der Waals surface area (Å²) in [5.74, 6) is -0.298. The van der Waals surface area contributed by atoms with Gasteiger partial charge in [-0.25, -0.2) is 8.42 Å². The number of aliphatic hydroxyl groups is 2. The summed E-state index contributed by atoms with van der Waals surface area (Å²) in [7, 11) is -3.88. The highest BCUT2D eigenvalue weighted by molar-refractivity contribution is 7.93. The summed E-state index contributed by atoms with van der Waals surface area (Å²) in [6, 6.07) is 14.5. The number of hydrogen-bond donors (Lipinski definition) is 3. The number of nitrogens with one attached hydrogen (secondary N) is 1. The molecule has 0 saturated carbocycles. The molecular weight excluding hydrogens is 406 g/mol. The first kappa shape index (κ1) is 20.3. The predicted octanol–water partition coefficient (Wildman–Crippen LogP) is 1.60. The molecule has 1 saturated heterocycles. The molecule has 30 heavy (non-hydrogen) atoms. The van der Waals surface area contributed by atoms with Gasteiger partial charge in [-0.05, 0) is 43.3 Å². The van der Waals surface area contributed by atoms with Crippen LogP contribution in [0.25, 0.3) is 10.9 Å². The Morgan fingerprint density at radius 1 is 1.13 bits per heavy atom. The van der Waals surface area contributed by atoms with Gasteiger partial charge in [0.2, 0.25) is 0 Å². The number of β-amino-alcohol motifs (C(OH)–C–C–N with tert-alkyl or cyclic N) is 1. The fourth-order valence-electron chi connectivity index (χ4n) is 3.39. The van der Waals surface area contributed by atoms with E-state index in [4.69, 9.17) is 0 Å². The molecule has 8 nitrogen and oxygen atoms in total. The number of amides is 1. The molecule has 1 fully saturated rings. The number of carbonyl (C=O) groups excluding carboxylic acids is 1. The predicted molar refractivity (Wildman–Crippen MR) is 112 cm³/mol. The van der Waals surface area contributed by atoms with E-state index < -0.39 is 21.7 Å². The maximum Gasteiger partial charge on any atom is 0.264 e. The first-order chi connectivity index (χ1) is 14.2. The lowest BCUT2D eigenvalue weighted by molar-refractivity contribution is -0.144. The summed E-state index contributed by atoms with van der Waals surface area (Å²) in [6.45, 7) is 1.58. The normalized spacial score (nSPS) is 16.7. The highest BCUT2D eigenvalue weighted by atomic mass is 32.2. The fraction of sp³-hybridized carbons (Fsp3) is 0.238. The van der Waals surface area contributed by atoms with Crippen LogP contribution in [0.1, 0.15) is 17.3 Å². The highest BCUT2D eigenvalue weighted by Crippen LogP contribution is 2.27. The lowest BCUT2D eigenvalue weighted by atomic mass is 9.88. The summed E-state index contributed by atoms with van der Waals surface area (Å²) in [4.78, 5) is 18.2. The van der Waals surface area contributed by atoms with E-state index >= 15 is 0 Å². The zero-order valence-electron chi connectivity index (χ0n) is 16.2. The minimum Gasteiger partial charge on any atom is -0.390 e. The molecule has 156 valence electrons. The molecule has 2 aromatic carbocycles. The molecule has 1 unspecified atom stereocenters. The monoisotopic (exact) mass is 427 g/mol. The number of benzene rings is 2. The number of sulfonamides is 1. The van der Waals surface area contributed by atoms with E-state index in [1.165, 1.54) is 48.4 Å². The highest BCUT2D eigenvalue weighted by Gasteiger charge is 2.47. The number of rotatable bonds is 5. The largest absolute Gasteiger partial charge is 0.390 e. The van der Waals surface area contributed by atoms with Crippen molar-refractivity contribution in [2.24, 2.45) is 0 Å². The molecule has 1 amide bonds. The van der Waals surface area contributed by atoms with E-state index in [2.05, 4.69) is 9.71 Å². The average Bonchev–Trinajstić information content (AvgIpc) is 2.70. The van der Waals surface area contributed by atoms with Gasteiger partial charge in [-0.2, -0.15) is 0 Å². The smallest absolute Gasteiger partial charge is 0.264 e. The molecule has 1 atom stereocenters. The lowest BCUT2D eigenvalue weighted by Crippen LogP contribution is -2.68. The second-order valence-electron chi connectivity index (χ2n) is 7.45. The van der Waals surface area contributed by atoms with Gasteiger partial charge < -0.3 is 15.1 Å². The van der Waals surface area contributed by atoms with E-state index in [1.54, 1.807) is 24.3 Å². The van der Waals surface area contributed by atoms with Crippen LogP contribution >= 0.6 is 0 Å². The van der Waals surface area contributed by atoms with Crippen molar-refractivity contribution in [1.29, 1.82) is 0 Å². The number of carbonyl (C=O) groups is 1. The number of aromatic nitrogens is 1. The van der Waals surface area contributed by atoms with Crippen molar-refractivity contribution in [3.8, 4) is 0 Å². The maximum atomic E-state index is 12.9. The number of aliphatic hydroxyl groups excluding tert-OH is 1. The summed E-state index contributed by atoms with van der Waals surface area (Å²) in [6.07, 6.45) is 0.609. The molecule has 0 aliphatic carbocycles. The molecule has 0 bridgehead atoms. The second-order valence-corrected chi connectivity index (χ2v) is 9.11. The third kappa shape index (κ3) is 3.62. The van der Waals surface area contributed by atoms with E-state index in [9.17, 15) is 23.4 Å². The van der Waals surface area contributed by atoms with Crippen LogP contribution in [-0.4, -0.2) is 59.2 Å². The van der Waals surface area contributed by atoms with E-state index in [0.29, 0.717) is 22.2 Å². The number of pyridine rings is 1. The molecule has 3 aromatic rings. The molecule has 1 aliphatic rings. The van der Waals surface area contributed by atoms with Crippen molar-refractivity contribution in [1.82, 2.24) is 9.88 Å². The molecular formula is C21H21N3O5S. The van der Waals surface area contributed by atoms with Crippen LogP contribution in [-0.2, 0) is 10.0 Å². The number of fused-ring (bicyclic) bond motifs is 1. The number of hydrogen-bond acceptors (Lipinski definition) is 6. The minimum absolute atomic E-state index is 0.0476. The first-order valence-electron chi connectivity index (χ1n) is 9.36. The van der Waals surface area contributed by atoms with Crippen LogP contribution in [0.4, 0.5) is 5.69 Å². The standard InChI is InChI=1S/C21H21N3O5S/c1-14(25)21(27)12-24(13-21)20(26)16-7-9-17(10-8-16)23-30(28,29)18-6-2-4-15-5-3-11-22-19(15)18/h2-11,14,23,25,27H,12-13H2,1H3. The zero-order valence-corrected chi connectivity index (χ0v) is 17.0. The van der Waals surface area contributed by atoms with Crippen molar-refractivity contribution in [2.75, 3.05) is 17.8 Å². The van der Waals surface area contributed by atoms with Gasteiger partial charge in [-0.3, -0.25) is 14.5 Å². The van der Waals surface area contributed by atoms with Crippen LogP contribution in [0, 0.1) is 0 Å². The van der Waals surface area contributed by atoms with E-state index in [-0.39, 0.29) is 23.9 Å². The Morgan fingerprint density at radius 3 is 2.47 bits per heavy atom. The second kappa shape index (κ2) is 7.35. The lowest BCUT2D eigenvalue weighted by Gasteiger charge is -2.48. The summed E-state index contributed by atoms with van der Waals surface area (Å²) >= 11 is 0. The Labute approximate surface area is 173 Å². The number of nitrogens with zero attached hydrogens (tertiary/aromatic N) is 2. The molecule has 3 N–H and O–H groups in total. The first-order valence-corrected chi connectivity index (χ1v) is 10.8. The third-order valence-electron chi connectivity index (χ3n) is 5.26. The molecule has 0 radical (unpaired) electrons. The van der Waals surface area contributed by atoms with Gasteiger partial charge in [0.15, 0.2) is 0 Å². The molecule has 9 heteroatoms. The van der Waals surface area contributed by atoms with E-state index in [1.807, 2.05) is 0 Å². The van der Waals surface area contributed by atoms with Crippen LogP contribution < -0.4 is 4.72 Å². The van der Waals surface area contributed by atoms with E-state index in [0.717, 1.165) is 0 Å². The van der Waals surface area contributed by atoms with Crippen molar-refractivity contribution < 1.29 is 23.4 Å². The van der Waals surface area contributed by atoms with Gasteiger partial charge in [0.1, 0.15) is 10.5 Å². The molecule has 1 aliphatic heterocycles. The minimum atomic E-state index is -3.88. The Balaban J connectivity index is 1.50.